The van der Waals surface area contributed by atoms with Crippen molar-refractivity contribution < 1.29 is 9.47 Å². The first-order valence-electron chi connectivity index (χ1n) is 7.56. The fraction of sp³-hybridized carbons (Fsp3) is 1.00. The highest BCUT2D eigenvalue weighted by atomic mass is 16.5. The Morgan fingerprint density at radius 1 is 1.22 bits per heavy atom. The summed E-state index contributed by atoms with van der Waals surface area (Å²) in [4.78, 5) is 0. The third-order valence-corrected chi connectivity index (χ3v) is 3.96. The molecule has 0 aromatic rings. The van der Waals surface area contributed by atoms with Crippen LogP contribution < -0.4 is 5.32 Å². The third kappa shape index (κ3) is 5.68. The van der Waals surface area contributed by atoms with Gasteiger partial charge < -0.3 is 14.8 Å². The lowest BCUT2D eigenvalue weighted by molar-refractivity contribution is -0.0790. The van der Waals surface area contributed by atoms with Gasteiger partial charge in [0.05, 0.1) is 5.60 Å². The summed E-state index contributed by atoms with van der Waals surface area (Å²) in [5, 5.41) is 3.55. The molecule has 0 saturated heterocycles. The lowest BCUT2D eigenvalue weighted by atomic mass is 9.79. The van der Waals surface area contributed by atoms with Crippen LogP contribution in [0.1, 0.15) is 52.4 Å². The van der Waals surface area contributed by atoms with Gasteiger partial charge in [-0.2, -0.15) is 0 Å². The number of ether oxygens (including phenoxy) is 2. The third-order valence-electron chi connectivity index (χ3n) is 3.96. The van der Waals surface area contributed by atoms with Gasteiger partial charge in [0.1, 0.15) is 0 Å². The Balaban J connectivity index is 2.35. The molecule has 1 rings (SSSR count). The van der Waals surface area contributed by atoms with E-state index in [9.17, 15) is 0 Å². The number of nitrogens with one attached hydrogen (secondary N) is 1. The zero-order valence-electron chi connectivity index (χ0n) is 12.5. The van der Waals surface area contributed by atoms with Crippen LogP contribution in [0, 0.1) is 5.92 Å². The number of methoxy groups -OCH3 is 1. The predicted molar refractivity (Wildman–Crippen MR) is 76.0 cm³/mol. The molecule has 1 saturated carbocycles. The van der Waals surface area contributed by atoms with Crippen molar-refractivity contribution in [2.75, 3.05) is 33.4 Å². The van der Waals surface area contributed by atoms with Gasteiger partial charge in [-0.1, -0.05) is 13.8 Å². The maximum atomic E-state index is 6.23. The van der Waals surface area contributed by atoms with Gasteiger partial charge in [0.2, 0.25) is 0 Å². The van der Waals surface area contributed by atoms with E-state index in [2.05, 4.69) is 19.2 Å². The van der Waals surface area contributed by atoms with Crippen LogP contribution in [0.25, 0.3) is 0 Å². The Kier molecular flexibility index (Phi) is 7.87. The van der Waals surface area contributed by atoms with E-state index >= 15 is 0 Å². The summed E-state index contributed by atoms with van der Waals surface area (Å²) in [6.45, 7) is 8.31. The van der Waals surface area contributed by atoms with E-state index < -0.39 is 0 Å². The molecule has 0 amide bonds. The molecule has 1 aliphatic rings. The quantitative estimate of drug-likeness (QED) is 0.644. The van der Waals surface area contributed by atoms with Gasteiger partial charge in [0.25, 0.3) is 0 Å². The highest BCUT2D eigenvalue weighted by Crippen LogP contribution is 2.34. The van der Waals surface area contributed by atoms with Gasteiger partial charge in [0.15, 0.2) is 0 Å². The van der Waals surface area contributed by atoms with Crippen LogP contribution in [0.5, 0.6) is 0 Å². The minimum absolute atomic E-state index is 0.0927. The SMILES string of the molecule is CCCNCC1(OCCCOC)CCC(C)CC1. The molecule has 0 unspecified atom stereocenters. The van der Waals surface area contributed by atoms with Gasteiger partial charge in [-0.3, -0.25) is 0 Å². The molecule has 0 heterocycles. The number of hydrogen-bond acceptors (Lipinski definition) is 3. The largest absolute Gasteiger partial charge is 0.385 e. The summed E-state index contributed by atoms with van der Waals surface area (Å²) >= 11 is 0. The van der Waals surface area contributed by atoms with Crippen molar-refractivity contribution in [1.29, 1.82) is 0 Å². The average Bonchev–Trinajstić information content (AvgIpc) is 2.39. The van der Waals surface area contributed by atoms with Crippen LogP contribution in [0.3, 0.4) is 0 Å². The predicted octanol–water partition coefficient (Wildman–Crippen LogP) is 2.99. The van der Waals surface area contributed by atoms with Crippen molar-refractivity contribution in [3.63, 3.8) is 0 Å². The van der Waals surface area contributed by atoms with Crippen molar-refractivity contribution >= 4 is 0 Å². The molecule has 18 heavy (non-hydrogen) atoms. The molecule has 0 aromatic heterocycles. The normalized spacial score (nSPS) is 28.5. The summed E-state index contributed by atoms with van der Waals surface area (Å²) in [6.07, 6.45) is 7.21. The molecule has 0 bridgehead atoms. The maximum absolute atomic E-state index is 6.23. The molecule has 0 spiro atoms. The van der Waals surface area contributed by atoms with Crippen LogP contribution in [-0.2, 0) is 9.47 Å². The Labute approximate surface area is 113 Å². The zero-order valence-corrected chi connectivity index (χ0v) is 12.5. The summed E-state index contributed by atoms with van der Waals surface area (Å²) < 4.78 is 11.3. The maximum Gasteiger partial charge on any atom is 0.0806 e. The van der Waals surface area contributed by atoms with E-state index in [1.54, 1.807) is 7.11 Å². The van der Waals surface area contributed by atoms with Crippen molar-refractivity contribution in [2.24, 2.45) is 5.92 Å². The monoisotopic (exact) mass is 257 g/mol. The molecule has 0 radical (unpaired) electrons. The van der Waals surface area contributed by atoms with Crippen LogP contribution in [0.2, 0.25) is 0 Å². The summed E-state index contributed by atoms with van der Waals surface area (Å²) in [7, 11) is 1.75. The van der Waals surface area contributed by atoms with Crippen LogP contribution >= 0.6 is 0 Å². The van der Waals surface area contributed by atoms with E-state index in [0.717, 1.165) is 38.6 Å². The second-order valence-corrected chi connectivity index (χ2v) is 5.74. The lowest BCUT2D eigenvalue weighted by Gasteiger charge is -2.39. The van der Waals surface area contributed by atoms with Gasteiger partial charge in [-0.15, -0.1) is 0 Å². The molecular weight excluding hydrogens is 226 g/mol. The molecule has 0 atom stereocenters. The minimum atomic E-state index is 0.0927. The van der Waals surface area contributed by atoms with Gasteiger partial charge in [-0.05, 0) is 51.0 Å². The molecule has 1 aliphatic carbocycles. The van der Waals surface area contributed by atoms with Crippen LogP contribution in [0.4, 0.5) is 0 Å². The lowest BCUT2D eigenvalue weighted by Crippen LogP contribution is -2.46. The summed E-state index contributed by atoms with van der Waals surface area (Å²) in [5.41, 5.74) is 0.0927. The second kappa shape index (κ2) is 8.89. The number of hydrogen-bond donors (Lipinski definition) is 1. The van der Waals surface area contributed by atoms with E-state index in [0.29, 0.717) is 0 Å². The van der Waals surface area contributed by atoms with Gasteiger partial charge in [0, 0.05) is 26.9 Å². The Hall–Kier alpha value is -0.120. The molecule has 3 nitrogen and oxygen atoms in total. The standard InChI is InChI=1S/C15H31NO2/c1-4-10-16-13-15(18-12-5-11-17-3)8-6-14(2)7-9-15/h14,16H,4-13H2,1-3H3. The average molecular weight is 257 g/mol. The molecule has 0 aliphatic heterocycles. The molecule has 0 aromatic carbocycles. The Morgan fingerprint density at radius 2 is 1.94 bits per heavy atom. The van der Waals surface area contributed by atoms with E-state index in [1.165, 1.54) is 32.1 Å². The summed E-state index contributed by atoms with van der Waals surface area (Å²) in [6, 6.07) is 0. The van der Waals surface area contributed by atoms with Crippen LogP contribution in [-0.4, -0.2) is 39.0 Å². The zero-order chi connectivity index (χ0) is 13.3. The van der Waals surface area contributed by atoms with E-state index in [4.69, 9.17) is 9.47 Å². The second-order valence-electron chi connectivity index (χ2n) is 5.74. The highest BCUT2D eigenvalue weighted by molar-refractivity contribution is 4.88. The van der Waals surface area contributed by atoms with Crippen molar-refractivity contribution in [3.8, 4) is 0 Å². The molecule has 1 N–H and O–H groups in total. The minimum Gasteiger partial charge on any atom is -0.385 e. The molecule has 108 valence electrons. The van der Waals surface area contributed by atoms with E-state index in [1.807, 2.05) is 0 Å². The molecular formula is C15H31NO2. The smallest absolute Gasteiger partial charge is 0.0806 e. The Morgan fingerprint density at radius 3 is 2.56 bits per heavy atom. The van der Waals surface area contributed by atoms with Gasteiger partial charge >= 0.3 is 0 Å². The Bertz CT molecular complexity index is 201. The first-order valence-corrected chi connectivity index (χ1v) is 7.56. The molecule has 3 heteroatoms. The fourth-order valence-corrected chi connectivity index (χ4v) is 2.65. The number of rotatable bonds is 9. The first-order chi connectivity index (χ1) is 8.72. The first kappa shape index (κ1) is 15.9. The van der Waals surface area contributed by atoms with Gasteiger partial charge in [-0.25, -0.2) is 0 Å². The highest BCUT2D eigenvalue weighted by Gasteiger charge is 2.34. The topological polar surface area (TPSA) is 30.5 Å². The molecule has 1 fully saturated rings. The van der Waals surface area contributed by atoms with E-state index in [-0.39, 0.29) is 5.60 Å². The van der Waals surface area contributed by atoms with Crippen molar-refractivity contribution in [2.45, 2.75) is 58.0 Å². The van der Waals surface area contributed by atoms with Crippen LogP contribution in [0.15, 0.2) is 0 Å². The summed E-state index contributed by atoms with van der Waals surface area (Å²) in [5.74, 6) is 0.867. The van der Waals surface area contributed by atoms with Crippen molar-refractivity contribution in [1.82, 2.24) is 5.32 Å². The fourth-order valence-electron chi connectivity index (χ4n) is 2.65. The van der Waals surface area contributed by atoms with Crippen molar-refractivity contribution in [3.05, 3.63) is 0 Å².